The molecule has 1 N–H and O–H groups in total. The van der Waals surface area contributed by atoms with E-state index in [1.807, 2.05) is 0 Å². The number of hydrogen-bond donors (Lipinski definition) is 1. The molecule has 1 heterocycles. The molecule has 1 aromatic carbocycles. The van der Waals surface area contributed by atoms with E-state index in [2.05, 4.69) is 5.32 Å². The van der Waals surface area contributed by atoms with E-state index in [1.165, 1.54) is 11.2 Å². The SMILES string of the molecule is CC(=O)c1ccc(NC(=O)[C@H]2CCCCN2S(C)(=O)=O)cc1. The van der Waals surface area contributed by atoms with E-state index in [0.717, 1.165) is 19.1 Å². The van der Waals surface area contributed by atoms with Crippen LogP contribution in [0, 0.1) is 0 Å². The van der Waals surface area contributed by atoms with Crippen molar-refractivity contribution in [3.05, 3.63) is 29.8 Å². The molecule has 1 aliphatic heterocycles. The highest BCUT2D eigenvalue weighted by Gasteiger charge is 2.34. The molecule has 0 aromatic heterocycles. The minimum atomic E-state index is -3.40. The average Bonchev–Trinajstić information content (AvgIpc) is 2.47. The molecule has 1 saturated heterocycles. The number of nitrogens with zero attached hydrogens (tertiary/aromatic N) is 1. The Bertz CT molecular complexity index is 667. The zero-order valence-corrected chi connectivity index (χ0v) is 13.5. The highest BCUT2D eigenvalue weighted by molar-refractivity contribution is 7.88. The Morgan fingerprint density at radius 2 is 1.82 bits per heavy atom. The number of nitrogens with one attached hydrogen (secondary N) is 1. The molecule has 0 aliphatic carbocycles. The Morgan fingerprint density at radius 3 is 2.36 bits per heavy atom. The highest BCUT2D eigenvalue weighted by atomic mass is 32.2. The number of amides is 1. The number of Topliss-reactive ketones (excluding diaryl/α,β-unsaturated/α-hetero) is 1. The first kappa shape index (κ1) is 16.6. The fourth-order valence-corrected chi connectivity index (χ4v) is 3.70. The topological polar surface area (TPSA) is 83.6 Å². The van der Waals surface area contributed by atoms with E-state index in [1.54, 1.807) is 24.3 Å². The first-order valence-corrected chi connectivity index (χ1v) is 9.02. The molecule has 1 aromatic rings. The van der Waals surface area contributed by atoms with Gasteiger partial charge in [0.25, 0.3) is 0 Å². The van der Waals surface area contributed by atoms with E-state index >= 15 is 0 Å². The lowest BCUT2D eigenvalue weighted by Crippen LogP contribution is -2.49. The second kappa shape index (κ2) is 6.58. The Morgan fingerprint density at radius 1 is 1.18 bits per heavy atom. The second-order valence-corrected chi connectivity index (χ2v) is 7.44. The standard InChI is InChI=1S/C15H20N2O4S/c1-11(18)12-6-8-13(9-7-12)16-15(19)14-5-3-4-10-17(14)22(2,20)21/h6-9,14H,3-5,10H2,1-2H3,(H,16,19)/t14-/m1/s1. The summed E-state index contributed by atoms with van der Waals surface area (Å²) < 4.78 is 24.8. The van der Waals surface area contributed by atoms with Crippen molar-refractivity contribution in [2.45, 2.75) is 32.2 Å². The summed E-state index contributed by atoms with van der Waals surface area (Å²) >= 11 is 0. The van der Waals surface area contributed by atoms with Crippen molar-refractivity contribution in [1.29, 1.82) is 0 Å². The molecule has 0 unspecified atom stereocenters. The van der Waals surface area contributed by atoms with Crippen LogP contribution in [0.4, 0.5) is 5.69 Å². The van der Waals surface area contributed by atoms with Gasteiger partial charge in [-0.15, -0.1) is 0 Å². The van der Waals surface area contributed by atoms with Crippen LogP contribution in [-0.2, 0) is 14.8 Å². The lowest BCUT2D eigenvalue weighted by molar-refractivity contribution is -0.120. The molecule has 22 heavy (non-hydrogen) atoms. The lowest BCUT2D eigenvalue weighted by Gasteiger charge is -2.32. The molecule has 1 amide bonds. The van der Waals surface area contributed by atoms with Gasteiger partial charge in [-0.1, -0.05) is 6.42 Å². The van der Waals surface area contributed by atoms with Crippen LogP contribution in [0.25, 0.3) is 0 Å². The minimum absolute atomic E-state index is 0.0478. The number of carbonyl (C=O) groups excluding carboxylic acids is 2. The molecule has 0 spiro atoms. The van der Waals surface area contributed by atoms with Crippen molar-refractivity contribution < 1.29 is 18.0 Å². The Kier molecular flexibility index (Phi) is 4.97. The molecule has 1 aliphatic rings. The van der Waals surface area contributed by atoms with Crippen molar-refractivity contribution in [3.8, 4) is 0 Å². The van der Waals surface area contributed by atoms with Crippen molar-refractivity contribution in [2.24, 2.45) is 0 Å². The number of benzene rings is 1. The van der Waals surface area contributed by atoms with Crippen LogP contribution >= 0.6 is 0 Å². The van der Waals surface area contributed by atoms with Crippen LogP contribution in [0.3, 0.4) is 0 Å². The van der Waals surface area contributed by atoms with Gasteiger partial charge in [0.1, 0.15) is 6.04 Å². The first-order valence-electron chi connectivity index (χ1n) is 7.18. The molecular formula is C15H20N2O4S. The number of piperidine rings is 1. The summed E-state index contributed by atoms with van der Waals surface area (Å²) in [5.74, 6) is -0.380. The van der Waals surface area contributed by atoms with Crippen LogP contribution in [0.2, 0.25) is 0 Å². The highest BCUT2D eigenvalue weighted by Crippen LogP contribution is 2.21. The molecule has 0 saturated carbocycles. The summed E-state index contributed by atoms with van der Waals surface area (Å²) in [5.41, 5.74) is 1.11. The fraction of sp³-hybridized carbons (Fsp3) is 0.467. The molecule has 1 fully saturated rings. The van der Waals surface area contributed by atoms with Crippen LogP contribution in [0.1, 0.15) is 36.5 Å². The van der Waals surface area contributed by atoms with Crippen LogP contribution in [0.5, 0.6) is 0 Å². The van der Waals surface area contributed by atoms with Crippen molar-refractivity contribution in [3.63, 3.8) is 0 Å². The zero-order valence-electron chi connectivity index (χ0n) is 12.7. The zero-order chi connectivity index (χ0) is 16.3. The number of carbonyl (C=O) groups is 2. The number of ketones is 1. The summed E-state index contributed by atoms with van der Waals surface area (Å²) in [6.45, 7) is 1.85. The fourth-order valence-electron chi connectivity index (χ4n) is 2.58. The monoisotopic (exact) mass is 324 g/mol. The quantitative estimate of drug-likeness (QED) is 0.854. The van der Waals surface area contributed by atoms with Gasteiger partial charge >= 0.3 is 0 Å². The number of anilines is 1. The van der Waals surface area contributed by atoms with Crippen LogP contribution < -0.4 is 5.32 Å². The molecule has 2 rings (SSSR count). The smallest absolute Gasteiger partial charge is 0.242 e. The summed E-state index contributed by atoms with van der Waals surface area (Å²) in [4.78, 5) is 23.6. The van der Waals surface area contributed by atoms with Gasteiger partial charge in [0.15, 0.2) is 5.78 Å². The molecular weight excluding hydrogens is 304 g/mol. The van der Waals surface area contributed by atoms with Gasteiger partial charge in [-0.25, -0.2) is 8.42 Å². The largest absolute Gasteiger partial charge is 0.325 e. The van der Waals surface area contributed by atoms with Gasteiger partial charge in [-0.3, -0.25) is 9.59 Å². The third kappa shape index (κ3) is 3.92. The van der Waals surface area contributed by atoms with Gasteiger partial charge < -0.3 is 5.32 Å². The lowest BCUT2D eigenvalue weighted by atomic mass is 10.0. The Balaban J connectivity index is 2.11. The van der Waals surface area contributed by atoms with Crippen molar-refractivity contribution >= 4 is 27.4 Å². The van der Waals surface area contributed by atoms with Crippen molar-refractivity contribution in [1.82, 2.24) is 4.31 Å². The molecule has 0 radical (unpaired) electrons. The normalized spacial score (nSPS) is 19.6. The van der Waals surface area contributed by atoms with Gasteiger partial charge in [0.05, 0.1) is 6.26 Å². The van der Waals surface area contributed by atoms with Crippen LogP contribution in [-0.4, -0.2) is 43.3 Å². The van der Waals surface area contributed by atoms with E-state index in [9.17, 15) is 18.0 Å². The van der Waals surface area contributed by atoms with Gasteiger partial charge in [-0.05, 0) is 44.0 Å². The van der Waals surface area contributed by atoms with E-state index in [-0.39, 0.29) is 11.7 Å². The average molecular weight is 324 g/mol. The van der Waals surface area contributed by atoms with Crippen LogP contribution in [0.15, 0.2) is 24.3 Å². The molecule has 1 atom stereocenters. The summed E-state index contributed by atoms with van der Waals surface area (Å²) in [7, 11) is -3.40. The maximum atomic E-state index is 12.4. The number of rotatable bonds is 4. The third-order valence-corrected chi connectivity index (χ3v) is 5.03. The first-order chi connectivity index (χ1) is 10.3. The third-order valence-electron chi connectivity index (χ3n) is 3.74. The molecule has 0 bridgehead atoms. The second-order valence-electron chi connectivity index (χ2n) is 5.51. The summed E-state index contributed by atoms with van der Waals surface area (Å²) in [6.07, 6.45) is 3.24. The summed E-state index contributed by atoms with van der Waals surface area (Å²) in [5, 5.41) is 2.72. The summed E-state index contributed by atoms with van der Waals surface area (Å²) in [6, 6.07) is 5.88. The molecule has 120 valence electrons. The maximum absolute atomic E-state index is 12.4. The Hall–Kier alpha value is -1.73. The van der Waals surface area contributed by atoms with E-state index < -0.39 is 16.1 Å². The van der Waals surface area contributed by atoms with Crippen molar-refractivity contribution in [2.75, 3.05) is 18.1 Å². The predicted molar refractivity (Wildman–Crippen MR) is 84.3 cm³/mol. The van der Waals surface area contributed by atoms with Gasteiger partial charge in [-0.2, -0.15) is 4.31 Å². The van der Waals surface area contributed by atoms with E-state index in [0.29, 0.717) is 24.2 Å². The number of sulfonamides is 1. The number of hydrogen-bond acceptors (Lipinski definition) is 4. The van der Waals surface area contributed by atoms with Gasteiger partial charge in [0, 0.05) is 17.8 Å². The van der Waals surface area contributed by atoms with Gasteiger partial charge in [0.2, 0.25) is 15.9 Å². The predicted octanol–water partition coefficient (Wildman–Crippen LogP) is 1.64. The Labute approximate surface area is 130 Å². The molecule has 7 heteroatoms. The minimum Gasteiger partial charge on any atom is -0.325 e. The van der Waals surface area contributed by atoms with E-state index in [4.69, 9.17) is 0 Å². The molecule has 6 nitrogen and oxygen atoms in total. The maximum Gasteiger partial charge on any atom is 0.242 e.